The largest absolute Gasteiger partial charge is 0.262 e. The summed E-state index contributed by atoms with van der Waals surface area (Å²) >= 11 is 0. The molecule has 0 aliphatic carbocycles. The van der Waals surface area contributed by atoms with Crippen molar-refractivity contribution in [2.75, 3.05) is 0 Å². The van der Waals surface area contributed by atoms with Gasteiger partial charge in [-0.25, -0.2) is 0 Å². The van der Waals surface area contributed by atoms with E-state index in [9.17, 15) is 0 Å². The predicted octanol–water partition coefficient (Wildman–Crippen LogP) is 2.78. The predicted molar refractivity (Wildman–Crippen MR) is 45.3 cm³/mol. The van der Waals surface area contributed by atoms with E-state index in [1.807, 2.05) is 6.92 Å². The monoisotopic (exact) mass is 137 g/mol. The van der Waals surface area contributed by atoms with E-state index in [2.05, 4.69) is 31.8 Å². The highest BCUT2D eigenvalue weighted by Crippen LogP contribution is 2.34. The van der Waals surface area contributed by atoms with Crippen LogP contribution >= 0.6 is 0 Å². The fourth-order valence-corrected chi connectivity index (χ4v) is 1.15. The quantitative estimate of drug-likeness (QED) is 0.487. The van der Waals surface area contributed by atoms with Crippen molar-refractivity contribution in [1.29, 1.82) is 0 Å². The van der Waals surface area contributed by atoms with Gasteiger partial charge in [0.15, 0.2) is 0 Å². The zero-order valence-corrected chi connectivity index (χ0v) is 7.23. The Hall–Kier alpha value is -0.590. The van der Waals surface area contributed by atoms with Crippen LogP contribution in [0.15, 0.2) is 16.8 Å². The van der Waals surface area contributed by atoms with E-state index < -0.39 is 0 Å². The third-order valence-corrected chi connectivity index (χ3v) is 2.25. The van der Waals surface area contributed by atoms with Gasteiger partial charge in [0.1, 0.15) is 0 Å². The lowest BCUT2D eigenvalue weighted by atomic mass is 9.86. The molecule has 1 rings (SSSR count). The van der Waals surface area contributed by atoms with Crippen LogP contribution in [0.1, 0.15) is 34.1 Å². The van der Waals surface area contributed by atoms with E-state index in [1.165, 1.54) is 11.4 Å². The van der Waals surface area contributed by atoms with Gasteiger partial charge in [0.25, 0.3) is 0 Å². The highest BCUT2D eigenvalue weighted by atomic mass is 14.8. The first-order valence-electron chi connectivity index (χ1n) is 3.77. The molecule has 0 unspecified atom stereocenters. The fraction of sp³-hybridized carbons (Fsp3) is 0.667. The highest BCUT2D eigenvalue weighted by Gasteiger charge is 2.28. The van der Waals surface area contributed by atoms with Gasteiger partial charge in [0.05, 0.1) is 0 Å². The van der Waals surface area contributed by atoms with Gasteiger partial charge in [-0.1, -0.05) is 19.9 Å². The van der Waals surface area contributed by atoms with Crippen molar-refractivity contribution in [2.24, 2.45) is 10.4 Å². The third kappa shape index (κ3) is 1.13. The minimum absolute atomic E-state index is 0.307. The molecule has 0 saturated heterocycles. The van der Waals surface area contributed by atoms with E-state index in [-0.39, 0.29) is 0 Å². The Bertz CT molecular complexity index is 197. The molecule has 0 bridgehead atoms. The van der Waals surface area contributed by atoms with E-state index in [0.29, 0.717) is 5.41 Å². The zero-order chi connectivity index (χ0) is 7.78. The van der Waals surface area contributed by atoms with Crippen LogP contribution in [0.5, 0.6) is 0 Å². The molecule has 1 heterocycles. The third-order valence-electron chi connectivity index (χ3n) is 2.25. The maximum Gasteiger partial charge on any atom is 0.0369 e. The van der Waals surface area contributed by atoms with Gasteiger partial charge in [-0.3, -0.25) is 4.99 Å². The molecule has 0 amide bonds. The molecule has 10 heavy (non-hydrogen) atoms. The van der Waals surface area contributed by atoms with Crippen molar-refractivity contribution >= 4 is 5.71 Å². The summed E-state index contributed by atoms with van der Waals surface area (Å²) in [4.78, 5) is 4.44. The van der Waals surface area contributed by atoms with Gasteiger partial charge in [0, 0.05) is 16.8 Å². The Balaban J connectivity index is 2.89. The van der Waals surface area contributed by atoms with Crippen molar-refractivity contribution in [3.05, 3.63) is 11.8 Å². The summed E-state index contributed by atoms with van der Waals surface area (Å²) in [5.74, 6) is 0. The topological polar surface area (TPSA) is 12.4 Å². The Morgan fingerprint density at radius 3 is 2.30 bits per heavy atom. The molecule has 0 aromatic carbocycles. The van der Waals surface area contributed by atoms with Gasteiger partial charge < -0.3 is 0 Å². The van der Waals surface area contributed by atoms with Gasteiger partial charge in [-0.05, 0) is 20.3 Å². The second kappa shape index (κ2) is 2.22. The lowest BCUT2D eigenvalue weighted by Gasteiger charge is -2.15. The van der Waals surface area contributed by atoms with Crippen LogP contribution < -0.4 is 0 Å². The molecule has 1 heteroatoms. The van der Waals surface area contributed by atoms with Crippen LogP contribution in [0.2, 0.25) is 0 Å². The lowest BCUT2D eigenvalue weighted by molar-refractivity contribution is 0.539. The van der Waals surface area contributed by atoms with Crippen LogP contribution in [-0.2, 0) is 0 Å². The van der Waals surface area contributed by atoms with E-state index in [4.69, 9.17) is 0 Å². The Kier molecular flexibility index (Phi) is 1.67. The second-order valence-electron chi connectivity index (χ2n) is 3.54. The molecule has 0 fully saturated rings. The number of allylic oxidation sites excluding steroid dienone is 2. The number of hydrogen-bond acceptors (Lipinski definition) is 1. The second-order valence-corrected chi connectivity index (χ2v) is 3.54. The smallest absolute Gasteiger partial charge is 0.0369 e. The molecule has 0 N–H and O–H groups in total. The molecule has 0 spiro atoms. The number of nitrogens with zero attached hydrogens (tertiary/aromatic N) is 1. The number of hydrogen-bond donors (Lipinski definition) is 0. The first kappa shape index (κ1) is 7.52. The van der Waals surface area contributed by atoms with Crippen LogP contribution in [0.3, 0.4) is 0 Å². The average Bonchev–Trinajstić information content (AvgIpc) is 2.08. The molecule has 1 aliphatic rings. The van der Waals surface area contributed by atoms with Gasteiger partial charge in [-0.2, -0.15) is 0 Å². The normalized spacial score (nSPS) is 27.2. The molecule has 0 radical (unpaired) electrons. The van der Waals surface area contributed by atoms with Crippen molar-refractivity contribution < 1.29 is 0 Å². The van der Waals surface area contributed by atoms with Crippen LogP contribution in [0, 0.1) is 5.41 Å². The average molecular weight is 137 g/mol. The zero-order valence-electron chi connectivity index (χ0n) is 7.23. The van der Waals surface area contributed by atoms with Crippen LogP contribution in [0.4, 0.5) is 0 Å². The maximum atomic E-state index is 4.44. The SMILES string of the molecule is C/C=C1\CC(C)(C)C(C)=N1. The molecule has 0 aromatic rings. The van der Waals surface area contributed by atoms with Gasteiger partial charge in [-0.15, -0.1) is 0 Å². The summed E-state index contributed by atoms with van der Waals surface area (Å²) in [6.07, 6.45) is 3.20. The molecule has 0 aromatic heterocycles. The molecule has 56 valence electrons. The summed E-state index contributed by atoms with van der Waals surface area (Å²) in [6, 6.07) is 0. The summed E-state index contributed by atoms with van der Waals surface area (Å²) in [5.41, 5.74) is 2.81. The van der Waals surface area contributed by atoms with Crippen LogP contribution in [0.25, 0.3) is 0 Å². The minimum atomic E-state index is 0.307. The first-order valence-corrected chi connectivity index (χ1v) is 3.77. The van der Waals surface area contributed by atoms with E-state index in [1.54, 1.807) is 0 Å². The Labute approximate surface area is 62.9 Å². The van der Waals surface area contributed by atoms with Gasteiger partial charge >= 0.3 is 0 Å². The maximum absolute atomic E-state index is 4.44. The fourth-order valence-electron chi connectivity index (χ4n) is 1.15. The van der Waals surface area contributed by atoms with Crippen molar-refractivity contribution in [2.45, 2.75) is 34.1 Å². The van der Waals surface area contributed by atoms with Gasteiger partial charge in [0.2, 0.25) is 0 Å². The molecule has 0 saturated carbocycles. The van der Waals surface area contributed by atoms with Crippen molar-refractivity contribution in [3.63, 3.8) is 0 Å². The van der Waals surface area contributed by atoms with E-state index >= 15 is 0 Å². The highest BCUT2D eigenvalue weighted by molar-refractivity contribution is 5.90. The molecule has 1 nitrogen and oxygen atoms in total. The summed E-state index contributed by atoms with van der Waals surface area (Å²) < 4.78 is 0. The Morgan fingerprint density at radius 2 is 2.10 bits per heavy atom. The summed E-state index contributed by atoms with van der Waals surface area (Å²) in [7, 11) is 0. The van der Waals surface area contributed by atoms with E-state index in [0.717, 1.165) is 6.42 Å². The summed E-state index contributed by atoms with van der Waals surface area (Å²) in [6.45, 7) is 8.63. The van der Waals surface area contributed by atoms with Crippen molar-refractivity contribution in [3.8, 4) is 0 Å². The molecule has 1 aliphatic heterocycles. The minimum Gasteiger partial charge on any atom is -0.262 e. The molecular formula is C9H15N. The summed E-state index contributed by atoms with van der Waals surface area (Å²) in [5, 5.41) is 0. The van der Waals surface area contributed by atoms with Crippen molar-refractivity contribution in [1.82, 2.24) is 0 Å². The molecular weight excluding hydrogens is 122 g/mol. The lowest BCUT2D eigenvalue weighted by Crippen LogP contribution is -2.15. The first-order chi connectivity index (χ1) is 4.56. The molecule has 0 atom stereocenters. The Morgan fingerprint density at radius 1 is 1.50 bits per heavy atom. The number of aliphatic imine (C=N–C) groups is 1. The standard InChI is InChI=1S/C9H15N/c1-5-8-6-9(3,4)7(2)10-8/h5H,6H2,1-4H3/b8-5+. The number of rotatable bonds is 0. The van der Waals surface area contributed by atoms with Crippen LogP contribution in [-0.4, -0.2) is 5.71 Å².